The highest BCUT2D eigenvalue weighted by Crippen LogP contribution is 2.37. The summed E-state index contributed by atoms with van der Waals surface area (Å²) in [7, 11) is 0. The second kappa shape index (κ2) is 4.83. The van der Waals surface area contributed by atoms with Gasteiger partial charge in [-0.1, -0.05) is 30.3 Å². The topological polar surface area (TPSA) is 53.1 Å². The van der Waals surface area contributed by atoms with Crippen LogP contribution in [0.25, 0.3) is 0 Å². The summed E-state index contributed by atoms with van der Waals surface area (Å²) in [5.41, 5.74) is 9.04. The number of allylic oxidation sites excluding steroid dienone is 1. The smallest absolute Gasteiger partial charge is 0.102 e. The Morgan fingerprint density at radius 3 is 2.50 bits per heavy atom. The van der Waals surface area contributed by atoms with Gasteiger partial charge < -0.3 is 10.6 Å². The van der Waals surface area contributed by atoms with Crippen molar-refractivity contribution in [3.05, 3.63) is 47.2 Å². The third-order valence-corrected chi connectivity index (χ3v) is 3.74. The second-order valence-corrected chi connectivity index (χ2v) is 4.71. The quantitative estimate of drug-likeness (QED) is 0.867. The van der Waals surface area contributed by atoms with Crippen LogP contribution >= 0.6 is 0 Å². The van der Waals surface area contributed by atoms with Crippen LogP contribution in [0.2, 0.25) is 0 Å². The summed E-state index contributed by atoms with van der Waals surface area (Å²) in [6, 6.07) is 12.1. The van der Waals surface area contributed by atoms with E-state index >= 15 is 0 Å². The Morgan fingerprint density at radius 2 is 2.00 bits per heavy atom. The maximum Gasteiger partial charge on any atom is 0.102 e. The van der Waals surface area contributed by atoms with E-state index in [1.165, 1.54) is 0 Å². The molecule has 0 bridgehead atoms. The van der Waals surface area contributed by atoms with Crippen molar-refractivity contribution in [2.24, 2.45) is 11.7 Å². The normalized spacial score (nSPS) is 30.1. The van der Waals surface area contributed by atoms with Crippen LogP contribution in [0.3, 0.4) is 0 Å². The first-order valence-electron chi connectivity index (χ1n) is 6.61. The Kier molecular flexibility index (Phi) is 3.04. The minimum Gasteiger partial charge on any atom is -0.351 e. The summed E-state index contributed by atoms with van der Waals surface area (Å²) in [6.45, 7) is 5.83. The molecule has 18 heavy (non-hydrogen) atoms. The van der Waals surface area contributed by atoms with Crippen LogP contribution < -0.4 is 5.73 Å². The lowest BCUT2D eigenvalue weighted by Crippen LogP contribution is -2.42. The summed E-state index contributed by atoms with van der Waals surface area (Å²) < 4.78 is 8.38. The molecule has 0 amide bonds. The molecule has 1 aromatic rings. The van der Waals surface area contributed by atoms with Gasteiger partial charge in [0.15, 0.2) is 0 Å². The molecule has 0 saturated heterocycles. The summed E-state index contributed by atoms with van der Waals surface area (Å²) in [6.07, 6.45) is -1.40. The van der Waals surface area contributed by atoms with Crippen molar-refractivity contribution in [2.45, 2.75) is 33.0 Å². The van der Waals surface area contributed by atoms with Crippen molar-refractivity contribution in [3.63, 3.8) is 0 Å². The van der Waals surface area contributed by atoms with Gasteiger partial charge in [-0.15, -0.1) is 0 Å². The maximum absolute atomic E-state index is 9.25. The largest absolute Gasteiger partial charge is 0.351 e. The van der Waals surface area contributed by atoms with E-state index < -0.39 is 12.1 Å². The highest BCUT2D eigenvalue weighted by Gasteiger charge is 2.37. The van der Waals surface area contributed by atoms with E-state index in [0.29, 0.717) is 0 Å². The lowest BCUT2D eigenvalue weighted by molar-refractivity contribution is 0.205. The highest BCUT2D eigenvalue weighted by atomic mass is 15.3. The number of nitrogens with two attached hydrogens (primary N) is 1. The van der Waals surface area contributed by atoms with Gasteiger partial charge in [-0.05, 0) is 31.9 Å². The fourth-order valence-corrected chi connectivity index (χ4v) is 2.51. The molecular formula is C15H19N3. The van der Waals surface area contributed by atoms with E-state index in [9.17, 15) is 5.26 Å². The van der Waals surface area contributed by atoms with E-state index in [2.05, 4.69) is 6.07 Å². The number of hydrogen-bond donors (Lipinski definition) is 1. The highest BCUT2D eigenvalue weighted by molar-refractivity contribution is 5.30. The van der Waals surface area contributed by atoms with Gasteiger partial charge in [-0.3, -0.25) is 0 Å². The predicted molar refractivity (Wildman–Crippen MR) is 72.1 cm³/mol. The Labute approximate surface area is 110 Å². The average Bonchev–Trinajstić information content (AvgIpc) is 2.56. The number of nitriles is 1. The molecule has 1 heterocycles. The van der Waals surface area contributed by atoms with Crippen molar-refractivity contribution in [2.75, 3.05) is 0 Å². The van der Waals surface area contributed by atoms with Crippen LogP contribution in [-0.4, -0.2) is 11.0 Å². The van der Waals surface area contributed by atoms with Crippen molar-refractivity contribution >= 4 is 0 Å². The third kappa shape index (κ3) is 1.89. The minimum atomic E-state index is -1.40. The van der Waals surface area contributed by atoms with Crippen LogP contribution in [0.15, 0.2) is 41.6 Å². The van der Waals surface area contributed by atoms with Crippen molar-refractivity contribution < 1.29 is 1.37 Å². The monoisotopic (exact) mass is 242 g/mol. The molecule has 0 aromatic heterocycles. The molecule has 0 radical (unpaired) electrons. The van der Waals surface area contributed by atoms with Crippen LogP contribution in [-0.2, 0) is 0 Å². The molecule has 0 aliphatic carbocycles. The first-order valence-corrected chi connectivity index (χ1v) is 6.11. The molecule has 1 aliphatic rings. The first-order chi connectivity index (χ1) is 8.91. The second-order valence-electron chi connectivity index (χ2n) is 4.71. The lowest BCUT2D eigenvalue weighted by atomic mass is 10.0. The number of nitrogens with zero attached hydrogens (tertiary/aromatic N) is 2. The molecule has 1 aromatic carbocycles. The van der Waals surface area contributed by atoms with Gasteiger partial charge in [0.2, 0.25) is 0 Å². The zero-order valence-electron chi connectivity index (χ0n) is 12.0. The van der Waals surface area contributed by atoms with Gasteiger partial charge in [0, 0.05) is 5.70 Å². The Balaban J connectivity index is 2.43. The van der Waals surface area contributed by atoms with Crippen LogP contribution in [0.1, 0.15) is 33.7 Å². The molecule has 0 fully saturated rings. The number of benzene rings is 1. The molecule has 0 spiro atoms. The van der Waals surface area contributed by atoms with Gasteiger partial charge in [0.25, 0.3) is 0 Å². The molecule has 1 aliphatic heterocycles. The molecule has 3 nitrogen and oxygen atoms in total. The van der Waals surface area contributed by atoms with E-state index in [1.807, 2.05) is 56.0 Å². The van der Waals surface area contributed by atoms with Crippen LogP contribution in [0.5, 0.6) is 0 Å². The van der Waals surface area contributed by atoms with Crippen LogP contribution in [0.4, 0.5) is 0 Å². The van der Waals surface area contributed by atoms with Crippen LogP contribution in [0, 0.1) is 17.2 Å². The maximum atomic E-state index is 9.25. The van der Waals surface area contributed by atoms with Gasteiger partial charge in [-0.25, -0.2) is 0 Å². The summed E-state index contributed by atoms with van der Waals surface area (Å²) >= 11 is 0. The molecule has 2 N–H and O–H groups in total. The average molecular weight is 242 g/mol. The number of hydrogen-bond acceptors (Lipinski definition) is 3. The Morgan fingerprint density at radius 1 is 1.39 bits per heavy atom. The summed E-state index contributed by atoms with van der Waals surface area (Å²) in [4.78, 5) is 1.84. The molecule has 3 heteroatoms. The Bertz CT molecular complexity index is 542. The van der Waals surface area contributed by atoms with E-state index in [-0.39, 0.29) is 6.04 Å². The molecule has 3 atom stereocenters. The Hall–Kier alpha value is -1.79. The van der Waals surface area contributed by atoms with E-state index in [0.717, 1.165) is 16.8 Å². The van der Waals surface area contributed by atoms with Gasteiger partial charge in [0.1, 0.15) is 5.92 Å². The molecule has 0 saturated carbocycles. The predicted octanol–water partition coefficient (Wildman–Crippen LogP) is 2.78. The zero-order valence-corrected chi connectivity index (χ0v) is 11.0. The van der Waals surface area contributed by atoms with Gasteiger partial charge >= 0.3 is 0 Å². The van der Waals surface area contributed by atoms with Crippen molar-refractivity contribution in [1.29, 1.82) is 5.26 Å². The molecule has 2 rings (SSSR count). The first kappa shape index (κ1) is 11.3. The zero-order chi connectivity index (χ0) is 14.2. The fourth-order valence-electron chi connectivity index (χ4n) is 2.51. The SMILES string of the molecule is [2H]C1(N)C(C#N)C(C)=C(C)N1C(C)c1ccccc1. The summed E-state index contributed by atoms with van der Waals surface area (Å²) in [5, 5.41) is 9.25. The van der Waals surface area contributed by atoms with Gasteiger partial charge in [-0.2, -0.15) is 5.26 Å². The molecule has 94 valence electrons. The molecule has 3 unspecified atom stereocenters. The minimum absolute atomic E-state index is 0.0306. The number of rotatable bonds is 2. The van der Waals surface area contributed by atoms with E-state index in [1.54, 1.807) is 0 Å². The van der Waals surface area contributed by atoms with Gasteiger partial charge in [0.05, 0.1) is 19.6 Å². The fraction of sp³-hybridized carbons (Fsp3) is 0.400. The van der Waals surface area contributed by atoms with Crippen molar-refractivity contribution in [3.8, 4) is 6.07 Å². The van der Waals surface area contributed by atoms with E-state index in [4.69, 9.17) is 7.10 Å². The molecular weight excluding hydrogens is 222 g/mol. The van der Waals surface area contributed by atoms with Crippen molar-refractivity contribution in [1.82, 2.24) is 4.90 Å². The standard InChI is InChI=1S/C15H19N3/c1-10-11(2)18(15(17)14(10)9-16)12(3)13-7-5-4-6-8-13/h4-8,12,14-15H,17H2,1-3H3/i15D. The lowest BCUT2D eigenvalue weighted by Gasteiger charge is -2.33. The third-order valence-electron chi connectivity index (χ3n) is 3.74. The summed E-state index contributed by atoms with van der Waals surface area (Å²) in [5.74, 6) is -0.585.